The van der Waals surface area contributed by atoms with Gasteiger partial charge in [0.25, 0.3) is 0 Å². The van der Waals surface area contributed by atoms with Crippen LogP contribution >= 0.6 is 28.3 Å². The number of carbonyl (C=O) groups excluding carboxylic acids is 1. The summed E-state index contributed by atoms with van der Waals surface area (Å²) in [6.07, 6.45) is 8.78. The van der Waals surface area contributed by atoms with Crippen molar-refractivity contribution in [3.63, 3.8) is 0 Å². The Morgan fingerprint density at radius 1 is 0.889 bits per heavy atom. The van der Waals surface area contributed by atoms with E-state index in [0.29, 0.717) is 17.7 Å². The number of carbonyl (C=O) groups is 1. The van der Waals surface area contributed by atoms with Gasteiger partial charge < -0.3 is 14.1 Å². The molecule has 3 aromatic rings. The fraction of sp³-hybridized carbons (Fsp3) is 0.500. The van der Waals surface area contributed by atoms with Crippen LogP contribution in [0.15, 0.2) is 51.4 Å². The maximum Gasteiger partial charge on any atom is 0.197 e. The maximum atomic E-state index is 13.5. The topological polar surface area (TPSA) is 42.7 Å². The van der Waals surface area contributed by atoms with E-state index in [1.54, 1.807) is 0 Å². The van der Waals surface area contributed by atoms with Crippen LogP contribution in [0.5, 0.6) is 5.75 Å². The number of ketones is 1. The van der Waals surface area contributed by atoms with Crippen molar-refractivity contribution in [1.29, 1.82) is 0 Å². The third-order valence-corrected chi connectivity index (χ3v) is 6.86. The van der Waals surface area contributed by atoms with E-state index >= 15 is 0 Å². The molecule has 0 aliphatic carbocycles. The molecule has 0 unspecified atom stereocenters. The zero-order valence-electron chi connectivity index (χ0n) is 22.0. The largest absolute Gasteiger partial charge is 0.494 e. The molecule has 0 bridgehead atoms. The Labute approximate surface area is 231 Å². The highest BCUT2D eigenvalue weighted by molar-refractivity contribution is 9.10. The van der Waals surface area contributed by atoms with E-state index in [9.17, 15) is 4.79 Å². The highest BCUT2D eigenvalue weighted by Crippen LogP contribution is 2.32. The molecule has 0 spiro atoms. The molecule has 36 heavy (non-hydrogen) atoms. The monoisotopic (exact) mass is 577 g/mol. The molecule has 0 N–H and O–H groups in total. The lowest BCUT2D eigenvalue weighted by Gasteiger charge is -2.21. The molecule has 0 aliphatic heterocycles. The van der Waals surface area contributed by atoms with Gasteiger partial charge in [0.15, 0.2) is 5.78 Å². The van der Waals surface area contributed by atoms with Crippen molar-refractivity contribution in [1.82, 2.24) is 4.90 Å². The van der Waals surface area contributed by atoms with E-state index in [1.165, 1.54) is 38.8 Å². The molecule has 0 saturated heterocycles. The smallest absolute Gasteiger partial charge is 0.197 e. The number of unbranched alkanes of at least 4 members (excludes halogenated alkanes) is 3. The van der Waals surface area contributed by atoms with E-state index in [0.717, 1.165) is 59.2 Å². The number of benzene rings is 2. The molecule has 0 saturated carbocycles. The maximum absolute atomic E-state index is 13.5. The van der Waals surface area contributed by atoms with Gasteiger partial charge in [0.1, 0.15) is 17.1 Å². The van der Waals surface area contributed by atoms with Crippen LogP contribution in [0.25, 0.3) is 11.0 Å². The number of hydrogen-bond acceptors (Lipinski definition) is 4. The molecule has 2 aromatic carbocycles. The van der Waals surface area contributed by atoms with E-state index in [4.69, 9.17) is 9.15 Å². The van der Waals surface area contributed by atoms with Crippen molar-refractivity contribution in [3.05, 3.63) is 63.8 Å². The van der Waals surface area contributed by atoms with Gasteiger partial charge in [-0.15, -0.1) is 12.4 Å². The lowest BCUT2D eigenvalue weighted by molar-refractivity contribution is 0.103. The standard InChI is InChI=1S/C30H40BrNO3.ClH/c1-4-7-11-28-29(26-22-24(31)14-17-27(26)35-28)30(33)23-12-15-25(16-13-23)34-21-10-20-32(18-8-5-2)19-9-6-3;/h12-17,22H,4-11,18-21H2,1-3H3;1H. The third kappa shape index (κ3) is 8.64. The van der Waals surface area contributed by atoms with Crippen LogP contribution in [-0.4, -0.2) is 36.9 Å². The van der Waals surface area contributed by atoms with Gasteiger partial charge in [-0.2, -0.15) is 0 Å². The van der Waals surface area contributed by atoms with Crippen molar-refractivity contribution in [3.8, 4) is 5.75 Å². The average Bonchev–Trinajstić information content (AvgIpc) is 3.23. The van der Waals surface area contributed by atoms with Crippen molar-refractivity contribution in [2.24, 2.45) is 0 Å². The summed E-state index contributed by atoms with van der Waals surface area (Å²) in [4.78, 5) is 16.1. The number of hydrogen-bond donors (Lipinski definition) is 0. The molecular weight excluding hydrogens is 538 g/mol. The summed E-state index contributed by atoms with van der Waals surface area (Å²) in [6.45, 7) is 10.7. The molecule has 0 radical (unpaired) electrons. The second kappa shape index (κ2) is 16.1. The van der Waals surface area contributed by atoms with Gasteiger partial charge >= 0.3 is 0 Å². The predicted octanol–water partition coefficient (Wildman–Crippen LogP) is 8.86. The number of fused-ring (bicyclic) bond motifs is 1. The van der Waals surface area contributed by atoms with Crippen LogP contribution in [-0.2, 0) is 6.42 Å². The third-order valence-electron chi connectivity index (χ3n) is 6.37. The SMILES string of the molecule is CCCCc1oc2ccc(Br)cc2c1C(=O)c1ccc(OCCCN(CCCC)CCCC)cc1.Cl. The van der Waals surface area contributed by atoms with Crippen molar-refractivity contribution in [2.45, 2.75) is 72.1 Å². The van der Waals surface area contributed by atoms with Gasteiger partial charge in [0, 0.05) is 28.4 Å². The lowest BCUT2D eigenvalue weighted by atomic mass is 9.98. The van der Waals surface area contributed by atoms with E-state index in [-0.39, 0.29) is 18.2 Å². The molecule has 1 aromatic heterocycles. The summed E-state index contributed by atoms with van der Waals surface area (Å²) < 4.78 is 13.0. The first kappa shape index (κ1) is 30.4. The van der Waals surface area contributed by atoms with Crippen molar-refractivity contribution < 1.29 is 13.9 Å². The molecule has 4 nitrogen and oxygen atoms in total. The van der Waals surface area contributed by atoms with Gasteiger partial charge in [-0.25, -0.2) is 0 Å². The molecule has 6 heteroatoms. The molecule has 0 amide bonds. The van der Waals surface area contributed by atoms with E-state index < -0.39 is 0 Å². The Hall–Kier alpha value is -1.82. The molecule has 1 heterocycles. The van der Waals surface area contributed by atoms with Gasteiger partial charge in [-0.1, -0.05) is 56.0 Å². The number of halogens is 2. The first-order chi connectivity index (χ1) is 17.1. The van der Waals surface area contributed by atoms with Crippen LogP contribution < -0.4 is 4.74 Å². The Bertz CT molecular complexity index is 1060. The van der Waals surface area contributed by atoms with Crippen LogP contribution in [0, 0.1) is 0 Å². The fourth-order valence-corrected chi connectivity index (χ4v) is 4.67. The normalized spacial score (nSPS) is 11.1. The number of furan rings is 1. The van der Waals surface area contributed by atoms with Crippen LogP contribution in [0.4, 0.5) is 0 Å². The Balaban J connectivity index is 0.00000456. The summed E-state index contributed by atoms with van der Waals surface area (Å²) in [6, 6.07) is 13.4. The van der Waals surface area contributed by atoms with Crippen molar-refractivity contribution >= 4 is 45.1 Å². The second-order valence-electron chi connectivity index (χ2n) is 9.25. The number of ether oxygens (including phenoxy) is 1. The Morgan fingerprint density at radius 2 is 1.53 bits per heavy atom. The summed E-state index contributed by atoms with van der Waals surface area (Å²) in [7, 11) is 0. The minimum atomic E-state index is 0. The molecule has 3 rings (SSSR count). The predicted molar refractivity (Wildman–Crippen MR) is 156 cm³/mol. The zero-order valence-corrected chi connectivity index (χ0v) is 24.4. The molecule has 198 valence electrons. The number of nitrogens with zero attached hydrogens (tertiary/aromatic N) is 1. The van der Waals surface area contributed by atoms with Gasteiger partial charge in [0.2, 0.25) is 0 Å². The Kier molecular flexibility index (Phi) is 13.6. The molecule has 0 aliphatic rings. The highest BCUT2D eigenvalue weighted by atomic mass is 79.9. The van der Waals surface area contributed by atoms with Gasteiger partial charge in [-0.05, 0) is 81.2 Å². The molecule has 0 atom stereocenters. The molecule has 0 fully saturated rings. The summed E-state index contributed by atoms with van der Waals surface area (Å²) in [5, 5.41) is 0.867. The number of aryl methyl sites for hydroxylation is 1. The quantitative estimate of drug-likeness (QED) is 0.126. The van der Waals surface area contributed by atoms with E-state index in [2.05, 4.69) is 41.6 Å². The summed E-state index contributed by atoms with van der Waals surface area (Å²) >= 11 is 3.53. The van der Waals surface area contributed by atoms with Crippen LogP contribution in [0.3, 0.4) is 0 Å². The first-order valence-electron chi connectivity index (χ1n) is 13.3. The minimum absolute atomic E-state index is 0. The lowest BCUT2D eigenvalue weighted by Crippen LogP contribution is -2.28. The highest BCUT2D eigenvalue weighted by Gasteiger charge is 2.22. The Morgan fingerprint density at radius 3 is 2.17 bits per heavy atom. The number of rotatable bonds is 16. The second-order valence-corrected chi connectivity index (χ2v) is 10.2. The zero-order chi connectivity index (χ0) is 25.0. The average molecular weight is 579 g/mol. The summed E-state index contributed by atoms with van der Waals surface area (Å²) in [5.74, 6) is 1.59. The molecular formula is C30H41BrClNO3. The van der Waals surface area contributed by atoms with Crippen molar-refractivity contribution in [2.75, 3.05) is 26.2 Å². The van der Waals surface area contributed by atoms with Gasteiger partial charge in [-0.3, -0.25) is 4.79 Å². The minimum Gasteiger partial charge on any atom is -0.494 e. The fourth-order valence-electron chi connectivity index (χ4n) is 4.31. The van der Waals surface area contributed by atoms with Gasteiger partial charge in [0.05, 0.1) is 12.2 Å². The first-order valence-corrected chi connectivity index (χ1v) is 14.1. The van der Waals surface area contributed by atoms with Crippen LogP contribution in [0.1, 0.15) is 87.4 Å². The summed E-state index contributed by atoms with van der Waals surface area (Å²) in [5.41, 5.74) is 2.10. The van der Waals surface area contributed by atoms with E-state index in [1.807, 2.05) is 42.5 Å². The van der Waals surface area contributed by atoms with Crippen LogP contribution in [0.2, 0.25) is 0 Å².